The second-order valence-corrected chi connectivity index (χ2v) is 6.71. The van der Waals surface area contributed by atoms with Crippen molar-refractivity contribution >= 4 is 29.6 Å². The molecule has 1 aliphatic rings. The van der Waals surface area contributed by atoms with Gasteiger partial charge in [0.1, 0.15) is 11.4 Å². The Hall–Kier alpha value is -3.19. The largest absolute Gasteiger partial charge is 0.493 e. The lowest BCUT2D eigenvalue weighted by Gasteiger charge is -2.14. The lowest BCUT2D eigenvalue weighted by molar-refractivity contribution is -0.115. The standard InChI is InChI=1S/C21H21ClN2O5/c1-13-11-15(7-8-16(13)22)28-9-4-10-29-19-14(5-3-6-18(19)27-2)12-17-20(25)24-21(26)23-17/h3,5-8,11-12H,4,9-10H2,1-2H3,(H2,23,24,25,26)/b17-12-. The van der Waals surface area contributed by atoms with Crippen LogP contribution in [-0.4, -0.2) is 32.3 Å². The van der Waals surface area contributed by atoms with Crippen LogP contribution < -0.4 is 24.8 Å². The van der Waals surface area contributed by atoms with E-state index in [0.717, 1.165) is 11.3 Å². The van der Waals surface area contributed by atoms with Crippen LogP contribution in [0.15, 0.2) is 42.1 Å². The number of halogens is 1. The van der Waals surface area contributed by atoms with Crippen LogP contribution in [0, 0.1) is 6.92 Å². The van der Waals surface area contributed by atoms with Gasteiger partial charge in [-0.15, -0.1) is 0 Å². The number of methoxy groups -OCH3 is 1. The summed E-state index contributed by atoms with van der Waals surface area (Å²) in [6, 6.07) is 10.3. The summed E-state index contributed by atoms with van der Waals surface area (Å²) in [7, 11) is 1.54. The third-order valence-electron chi connectivity index (χ3n) is 4.18. The van der Waals surface area contributed by atoms with Crippen molar-refractivity contribution in [3.8, 4) is 17.2 Å². The van der Waals surface area contributed by atoms with Gasteiger partial charge in [-0.3, -0.25) is 10.1 Å². The number of ether oxygens (including phenoxy) is 3. The third-order valence-corrected chi connectivity index (χ3v) is 4.61. The SMILES string of the molecule is COc1cccc(/C=C2\NC(=O)NC2=O)c1OCCCOc1ccc(Cl)c(C)c1. The Kier molecular flexibility index (Phi) is 6.61. The van der Waals surface area contributed by atoms with Gasteiger partial charge in [0.15, 0.2) is 11.5 Å². The minimum Gasteiger partial charge on any atom is -0.493 e. The topological polar surface area (TPSA) is 85.9 Å². The molecule has 7 nitrogen and oxygen atoms in total. The van der Waals surface area contributed by atoms with E-state index in [2.05, 4.69) is 10.6 Å². The molecule has 1 heterocycles. The number of benzene rings is 2. The van der Waals surface area contributed by atoms with E-state index in [1.807, 2.05) is 19.1 Å². The smallest absolute Gasteiger partial charge is 0.326 e. The van der Waals surface area contributed by atoms with Gasteiger partial charge in [-0.2, -0.15) is 0 Å². The molecule has 1 fully saturated rings. The molecule has 8 heteroatoms. The van der Waals surface area contributed by atoms with Crippen molar-refractivity contribution in [1.82, 2.24) is 10.6 Å². The number of hydrogen-bond acceptors (Lipinski definition) is 5. The number of urea groups is 1. The summed E-state index contributed by atoms with van der Waals surface area (Å²) >= 11 is 6.01. The van der Waals surface area contributed by atoms with Crippen molar-refractivity contribution in [1.29, 1.82) is 0 Å². The molecule has 1 aliphatic heterocycles. The molecule has 0 atom stereocenters. The quantitative estimate of drug-likeness (QED) is 0.389. The molecular formula is C21H21ClN2O5. The molecular weight excluding hydrogens is 396 g/mol. The molecule has 0 unspecified atom stereocenters. The highest BCUT2D eigenvalue weighted by molar-refractivity contribution is 6.31. The van der Waals surface area contributed by atoms with Gasteiger partial charge in [0.2, 0.25) is 0 Å². The summed E-state index contributed by atoms with van der Waals surface area (Å²) in [6.07, 6.45) is 2.18. The minimum atomic E-state index is -0.554. The molecule has 29 heavy (non-hydrogen) atoms. The van der Waals surface area contributed by atoms with Crippen molar-refractivity contribution in [3.05, 3.63) is 58.2 Å². The number of amides is 3. The van der Waals surface area contributed by atoms with E-state index >= 15 is 0 Å². The molecule has 3 rings (SSSR count). The zero-order valence-corrected chi connectivity index (χ0v) is 16.8. The molecule has 152 valence electrons. The van der Waals surface area contributed by atoms with Crippen molar-refractivity contribution in [2.75, 3.05) is 20.3 Å². The van der Waals surface area contributed by atoms with Crippen LogP contribution in [0.2, 0.25) is 5.02 Å². The van der Waals surface area contributed by atoms with Crippen LogP contribution >= 0.6 is 11.6 Å². The van der Waals surface area contributed by atoms with E-state index in [1.165, 1.54) is 7.11 Å². The number of carbonyl (C=O) groups excluding carboxylic acids is 2. The molecule has 2 aromatic rings. The fourth-order valence-corrected chi connectivity index (χ4v) is 2.85. The lowest BCUT2D eigenvalue weighted by Crippen LogP contribution is -2.22. The Morgan fingerprint density at radius 1 is 1.07 bits per heavy atom. The summed E-state index contributed by atoms with van der Waals surface area (Å²) in [5.74, 6) is 1.27. The Labute approximate surface area is 173 Å². The van der Waals surface area contributed by atoms with E-state index in [-0.39, 0.29) is 5.70 Å². The molecule has 3 amide bonds. The second kappa shape index (κ2) is 9.34. The predicted molar refractivity (Wildman–Crippen MR) is 109 cm³/mol. The summed E-state index contributed by atoms with van der Waals surface area (Å²) < 4.78 is 17.0. The maximum absolute atomic E-state index is 11.8. The van der Waals surface area contributed by atoms with Gasteiger partial charge in [0, 0.05) is 17.0 Å². The zero-order valence-electron chi connectivity index (χ0n) is 16.1. The number of para-hydroxylation sites is 1. The second-order valence-electron chi connectivity index (χ2n) is 6.31. The first kappa shape index (κ1) is 20.5. The number of carbonyl (C=O) groups is 2. The van der Waals surface area contributed by atoms with Crippen LogP contribution in [0.1, 0.15) is 17.5 Å². The first-order chi connectivity index (χ1) is 14.0. The highest BCUT2D eigenvalue weighted by atomic mass is 35.5. The van der Waals surface area contributed by atoms with Crippen molar-refractivity contribution in [2.45, 2.75) is 13.3 Å². The van der Waals surface area contributed by atoms with E-state index < -0.39 is 11.9 Å². The molecule has 0 aliphatic carbocycles. The van der Waals surface area contributed by atoms with Crippen molar-refractivity contribution in [3.63, 3.8) is 0 Å². The fraction of sp³-hybridized carbons (Fsp3) is 0.238. The van der Waals surface area contributed by atoms with Gasteiger partial charge >= 0.3 is 6.03 Å². The van der Waals surface area contributed by atoms with Crippen LogP contribution in [0.4, 0.5) is 4.79 Å². The van der Waals surface area contributed by atoms with E-state index in [1.54, 1.807) is 30.3 Å². The zero-order chi connectivity index (χ0) is 20.8. The van der Waals surface area contributed by atoms with Crippen LogP contribution in [0.5, 0.6) is 17.2 Å². The van der Waals surface area contributed by atoms with Gasteiger partial charge in [0.25, 0.3) is 5.91 Å². The molecule has 0 radical (unpaired) electrons. The van der Waals surface area contributed by atoms with Crippen LogP contribution in [-0.2, 0) is 4.79 Å². The third kappa shape index (κ3) is 5.20. The first-order valence-corrected chi connectivity index (χ1v) is 9.38. The number of aryl methyl sites for hydroxylation is 1. The Morgan fingerprint density at radius 2 is 1.86 bits per heavy atom. The van der Waals surface area contributed by atoms with E-state index in [4.69, 9.17) is 25.8 Å². The fourth-order valence-electron chi connectivity index (χ4n) is 2.73. The molecule has 0 spiro atoms. The average Bonchev–Trinajstić information content (AvgIpc) is 3.02. The molecule has 0 saturated carbocycles. The lowest BCUT2D eigenvalue weighted by atomic mass is 10.1. The predicted octanol–water partition coefficient (Wildman–Crippen LogP) is 3.69. The molecule has 1 saturated heterocycles. The molecule has 0 bridgehead atoms. The van der Waals surface area contributed by atoms with E-state index in [0.29, 0.717) is 41.7 Å². The Balaban J connectivity index is 1.62. The van der Waals surface area contributed by atoms with E-state index in [9.17, 15) is 9.59 Å². The monoisotopic (exact) mass is 416 g/mol. The summed E-state index contributed by atoms with van der Waals surface area (Å²) in [5.41, 5.74) is 1.72. The maximum Gasteiger partial charge on any atom is 0.326 e. The van der Waals surface area contributed by atoms with Gasteiger partial charge < -0.3 is 19.5 Å². The highest BCUT2D eigenvalue weighted by Crippen LogP contribution is 2.33. The minimum absolute atomic E-state index is 0.148. The molecule has 2 aromatic carbocycles. The first-order valence-electron chi connectivity index (χ1n) is 9.00. The summed E-state index contributed by atoms with van der Waals surface area (Å²) in [6.45, 7) is 2.76. The number of hydrogen-bond donors (Lipinski definition) is 2. The Bertz CT molecular complexity index is 958. The maximum atomic E-state index is 11.8. The normalized spacial score (nSPS) is 14.5. The highest BCUT2D eigenvalue weighted by Gasteiger charge is 2.23. The van der Waals surface area contributed by atoms with Gasteiger partial charge in [-0.25, -0.2) is 4.79 Å². The van der Waals surface area contributed by atoms with Crippen LogP contribution in [0.25, 0.3) is 6.08 Å². The van der Waals surface area contributed by atoms with Crippen molar-refractivity contribution in [2.24, 2.45) is 0 Å². The Morgan fingerprint density at radius 3 is 2.55 bits per heavy atom. The van der Waals surface area contributed by atoms with Gasteiger partial charge in [0.05, 0.1) is 20.3 Å². The van der Waals surface area contributed by atoms with Crippen LogP contribution in [0.3, 0.4) is 0 Å². The number of imide groups is 1. The molecule has 2 N–H and O–H groups in total. The molecule has 0 aromatic heterocycles. The average molecular weight is 417 g/mol. The summed E-state index contributed by atoms with van der Waals surface area (Å²) in [5, 5.41) is 5.32. The van der Waals surface area contributed by atoms with Gasteiger partial charge in [-0.05, 0) is 42.8 Å². The number of nitrogens with one attached hydrogen (secondary N) is 2. The summed E-state index contributed by atoms with van der Waals surface area (Å²) in [4.78, 5) is 23.1. The van der Waals surface area contributed by atoms with Gasteiger partial charge in [-0.1, -0.05) is 23.7 Å². The van der Waals surface area contributed by atoms with Crippen molar-refractivity contribution < 1.29 is 23.8 Å². The number of rotatable bonds is 8.